The average Bonchev–Trinajstić information content (AvgIpc) is 2.47. The molecule has 2 aliphatic rings. The molecule has 2 saturated heterocycles. The molecule has 1 atom stereocenters. The third kappa shape index (κ3) is 1.25. The first-order valence-electron chi connectivity index (χ1n) is 4.65. The van der Waals surface area contributed by atoms with Crippen molar-refractivity contribution in [3.63, 3.8) is 0 Å². The van der Waals surface area contributed by atoms with Gasteiger partial charge in [0.2, 0.25) is 0 Å². The summed E-state index contributed by atoms with van der Waals surface area (Å²) in [6.07, 6.45) is 0. The van der Waals surface area contributed by atoms with Crippen molar-refractivity contribution in [2.45, 2.75) is 0 Å². The summed E-state index contributed by atoms with van der Waals surface area (Å²) >= 11 is 0. The number of methoxy groups -OCH3 is 1. The Balaban J connectivity index is 2.07. The van der Waals surface area contributed by atoms with Crippen LogP contribution in [0.1, 0.15) is 0 Å². The monoisotopic (exact) mass is 184 g/mol. The largest absolute Gasteiger partial charge is 0.469 e. The summed E-state index contributed by atoms with van der Waals surface area (Å²) in [6.45, 7) is 3.76. The van der Waals surface area contributed by atoms with Gasteiger partial charge in [0, 0.05) is 31.6 Å². The van der Waals surface area contributed by atoms with E-state index in [-0.39, 0.29) is 17.3 Å². The standard InChI is InChI=1S/C9H16N2O2/c1-11-5-9(6-11)4-10-3-7(9)8(12)13-2/h7,10H,3-6H2,1-2H3/t7-/m0/s1. The van der Waals surface area contributed by atoms with Crippen LogP contribution in [0.3, 0.4) is 0 Å². The molecule has 0 saturated carbocycles. The van der Waals surface area contributed by atoms with Gasteiger partial charge in [-0.3, -0.25) is 4.79 Å². The maximum absolute atomic E-state index is 11.4. The second-order valence-electron chi connectivity index (χ2n) is 4.24. The topological polar surface area (TPSA) is 41.6 Å². The molecule has 2 fully saturated rings. The van der Waals surface area contributed by atoms with Crippen LogP contribution in [0.15, 0.2) is 0 Å². The van der Waals surface area contributed by atoms with E-state index in [0.717, 1.165) is 26.2 Å². The van der Waals surface area contributed by atoms with E-state index in [9.17, 15) is 4.79 Å². The number of carbonyl (C=O) groups is 1. The minimum atomic E-state index is -0.0573. The van der Waals surface area contributed by atoms with Gasteiger partial charge in [-0.1, -0.05) is 0 Å². The van der Waals surface area contributed by atoms with E-state index in [0.29, 0.717) is 0 Å². The summed E-state index contributed by atoms with van der Waals surface area (Å²) in [4.78, 5) is 13.7. The summed E-state index contributed by atoms with van der Waals surface area (Å²) in [6, 6.07) is 0. The third-order valence-corrected chi connectivity index (χ3v) is 3.22. The maximum atomic E-state index is 11.4. The molecular formula is C9H16N2O2. The highest BCUT2D eigenvalue weighted by Crippen LogP contribution is 2.40. The molecule has 0 bridgehead atoms. The van der Waals surface area contributed by atoms with Crippen molar-refractivity contribution in [3.05, 3.63) is 0 Å². The van der Waals surface area contributed by atoms with Gasteiger partial charge < -0.3 is 15.0 Å². The molecule has 13 heavy (non-hydrogen) atoms. The molecule has 0 aromatic heterocycles. The van der Waals surface area contributed by atoms with Crippen LogP contribution in [0.2, 0.25) is 0 Å². The SMILES string of the molecule is COC(=O)[C@@H]1CNCC12CN(C)C2. The third-order valence-electron chi connectivity index (χ3n) is 3.22. The highest BCUT2D eigenvalue weighted by molar-refractivity contribution is 5.74. The van der Waals surface area contributed by atoms with Crippen LogP contribution >= 0.6 is 0 Å². The zero-order chi connectivity index (χ0) is 9.47. The number of esters is 1. The molecule has 0 aliphatic carbocycles. The van der Waals surface area contributed by atoms with Gasteiger partial charge in [0.05, 0.1) is 13.0 Å². The summed E-state index contributed by atoms with van der Waals surface area (Å²) in [5, 5.41) is 3.27. The van der Waals surface area contributed by atoms with Crippen molar-refractivity contribution in [1.29, 1.82) is 0 Å². The Bertz CT molecular complexity index is 224. The lowest BCUT2D eigenvalue weighted by atomic mass is 9.72. The average molecular weight is 184 g/mol. The molecule has 0 amide bonds. The van der Waals surface area contributed by atoms with Gasteiger partial charge in [-0.25, -0.2) is 0 Å². The fraction of sp³-hybridized carbons (Fsp3) is 0.889. The molecule has 2 aliphatic heterocycles. The van der Waals surface area contributed by atoms with E-state index < -0.39 is 0 Å². The number of likely N-dealkylation sites (tertiary alicyclic amines) is 1. The quantitative estimate of drug-likeness (QED) is 0.548. The van der Waals surface area contributed by atoms with E-state index in [1.54, 1.807) is 0 Å². The van der Waals surface area contributed by atoms with Gasteiger partial charge in [-0.2, -0.15) is 0 Å². The Hall–Kier alpha value is -0.610. The Morgan fingerprint density at radius 3 is 2.85 bits per heavy atom. The highest BCUT2D eigenvalue weighted by Gasteiger charge is 2.53. The number of nitrogens with one attached hydrogen (secondary N) is 1. The lowest BCUT2D eigenvalue weighted by Crippen LogP contribution is -2.60. The van der Waals surface area contributed by atoms with Gasteiger partial charge in [-0.15, -0.1) is 0 Å². The van der Waals surface area contributed by atoms with Crippen molar-refractivity contribution in [1.82, 2.24) is 10.2 Å². The van der Waals surface area contributed by atoms with E-state index in [1.165, 1.54) is 7.11 Å². The van der Waals surface area contributed by atoms with Gasteiger partial charge in [0.1, 0.15) is 0 Å². The number of ether oxygens (including phenoxy) is 1. The van der Waals surface area contributed by atoms with Gasteiger partial charge in [-0.05, 0) is 7.05 Å². The lowest BCUT2D eigenvalue weighted by Gasteiger charge is -2.48. The van der Waals surface area contributed by atoms with Crippen molar-refractivity contribution in [2.75, 3.05) is 40.3 Å². The number of hydrogen-bond acceptors (Lipinski definition) is 4. The van der Waals surface area contributed by atoms with Gasteiger partial charge in [0.15, 0.2) is 0 Å². The molecule has 1 spiro atoms. The first-order chi connectivity index (χ1) is 6.18. The van der Waals surface area contributed by atoms with Crippen LogP contribution in [0.5, 0.6) is 0 Å². The second kappa shape index (κ2) is 2.96. The molecular weight excluding hydrogens is 168 g/mol. The van der Waals surface area contributed by atoms with Crippen molar-refractivity contribution in [2.24, 2.45) is 11.3 Å². The van der Waals surface area contributed by atoms with Crippen LogP contribution in [-0.2, 0) is 9.53 Å². The predicted octanol–water partition coefficient (Wildman–Crippen LogP) is -0.689. The van der Waals surface area contributed by atoms with E-state index in [1.807, 2.05) is 0 Å². The van der Waals surface area contributed by atoms with Gasteiger partial charge in [0.25, 0.3) is 0 Å². The van der Waals surface area contributed by atoms with Crippen molar-refractivity contribution >= 4 is 5.97 Å². The van der Waals surface area contributed by atoms with Crippen LogP contribution in [0.4, 0.5) is 0 Å². The van der Waals surface area contributed by atoms with Crippen molar-refractivity contribution < 1.29 is 9.53 Å². The lowest BCUT2D eigenvalue weighted by molar-refractivity contribution is -0.152. The Morgan fingerprint density at radius 1 is 1.62 bits per heavy atom. The predicted molar refractivity (Wildman–Crippen MR) is 48.3 cm³/mol. The molecule has 0 aromatic carbocycles. The molecule has 4 heteroatoms. The zero-order valence-corrected chi connectivity index (χ0v) is 8.17. The highest BCUT2D eigenvalue weighted by atomic mass is 16.5. The minimum absolute atomic E-state index is 0.0573. The molecule has 2 rings (SSSR count). The fourth-order valence-electron chi connectivity index (χ4n) is 2.64. The molecule has 74 valence electrons. The Labute approximate surface area is 78.2 Å². The fourth-order valence-corrected chi connectivity index (χ4v) is 2.64. The Kier molecular flexibility index (Phi) is 2.04. The zero-order valence-electron chi connectivity index (χ0n) is 8.17. The van der Waals surface area contributed by atoms with Crippen molar-refractivity contribution in [3.8, 4) is 0 Å². The Morgan fingerprint density at radius 2 is 2.31 bits per heavy atom. The summed E-state index contributed by atoms with van der Waals surface area (Å²) in [5.74, 6) is 0.00630. The normalized spacial score (nSPS) is 31.7. The molecule has 2 heterocycles. The van der Waals surface area contributed by atoms with Crippen LogP contribution in [-0.4, -0.2) is 51.2 Å². The number of nitrogens with zero attached hydrogens (tertiary/aromatic N) is 1. The first-order valence-corrected chi connectivity index (χ1v) is 4.65. The minimum Gasteiger partial charge on any atom is -0.469 e. The molecule has 0 aromatic rings. The van der Waals surface area contributed by atoms with Crippen LogP contribution in [0, 0.1) is 11.3 Å². The van der Waals surface area contributed by atoms with E-state index in [4.69, 9.17) is 4.74 Å². The maximum Gasteiger partial charge on any atom is 0.310 e. The smallest absolute Gasteiger partial charge is 0.310 e. The summed E-state index contributed by atoms with van der Waals surface area (Å²) < 4.78 is 4.80. The second-order valence-corrected chi connectivity index (χ2v) is 4.24. The molecule has 1 N–H and O–H groups in total. The van der Waals surface area contributed by atoms with E-state index >= 15 is 0 Å². The summed E-state index contributed by atoms with van der Waals surface area (Å²) in [7, 11) is 3.55. The van der Waals surface area contributed by atoms with Crippen LogP contribution < -0.4 is 5.32 Å². The molecule has 0 unspecified atom stereocenters. The first kappa shape index (κ1) is 8.97. The molecule has 4 nitrogen and oxygen atoms in total. The summed E-state index contributed by atoms with van der Waals surface area (Å²) in [5.41, 5.74) is 0.168. The molecule has 0 radical (unpaired) electrons. The number of hydrogen-bond donors (Lipinski definition) is 1. The number of rotatable bonds is 1. The number of carbonyl (C=O) groups excluding carboxylic acids is 1. The van der Waals surface area contributed by atoms with Crippen LogP contribution in [0.25, 0.3) is 0 Å². The van der Waals surface area contributed by atoms with E-state index in [2.05, 4.69) is 17.3 Å². The van der Waals surface area contributed by atoms with Gasteiger partial charge >= 0.3 is 5.97 Å².